The number of cyclic esters (lactones) is 1. The molecule has 1 aromatic rings. The van der Waals surface area contributed by atoms with Crippen molar-refractivity contribution in [1.29, 1.82) is 0 Å². The van der Waals surface area contributed by atoms with Gasteiger partial charge >= 0.3 is 5.97 Å². The Labute approximate surface area is 96.4 Å². The van der Waals surface area contributed by atoms with E-state index in [9.17, 15) is 18.8 Å². The second-order valence-electron chi connectivity index (χ2n) is 3.83. The van der Waals surface area contributed by atoms with Crippen molar-refractivity contribution in [2.45, 2.75) is 13.0 Å². The van der Waals surface area contributed by atoms with E-state index in [1.54, 1.807) is 0 Å². The van der Waals surface area contributed by atoms with E-state index in [4.69, 9.17) is 4.74 Å². The van der Waals surface area contributed by atoms with Gasteiger partial charge in [0.1, 0.15) is 23.6 Å². The summed E-state index contributed by atoms with van der Waals surface area (Å²) < 4.78 is 17.6. The number of esters is 1. The van der Waals surface area contributed by atoms with Gasteiger partial charge in [-0.1, -0.05) is 12.1 Å². The van der Waals surface area contributed by atoms with Gasteiger partial charge in [0, 0.05) is 0 Å². The fraction of sp³-hybridized carbons (Fsp3) is 0.250. The highest BCUT2D eigenvalue weighted by Gasteiger charge is 2.46. The Morgan fingerprint density at radius 2 is 1.82 bits per heavy atom. The molecule has 17 heavy (non-hydrogen) atoms. The van der Waals surface area contributed by atoms with Crippen molar-refractivity contribution in [2.75, 3.05) is 0 Å². The molecule has 2 rings (SSSR count). The molecule has 5 heteroatoms. The van der Waals surface area contributed by atoms with Gasteiger partial charge < -0.3 is 4.74 Å². The molecule has 0 amide bonds. The molecule has 4 nitrogen and oxygen atoms in total. The van der Waals surface area contributed by atoms with E-state index in [0.717, 1.165) is 0 Å². The highest BCUT2D eigenvalue weighted by Crippen LogP contribution is 2.33. The number of benzene rings is 1. The lowest BCUT2D eigenvalue weighted by atomic mass is 9.91. The fourth-order valence-corrected chi connectivity index (χ4v) is 1.82. The third-order valence-corrected chi connectivity index (χ3v) is 2.66. The van der Waals surface area contributed by atoms with Gasteiger partial charge in [0.15, 0.2) is 0 Å². The molecule has 0 aliphatic carbocycles. The molecule has 1 aromatic carbocycles. The van der Waals surface area contributed by atoms with Crippen LogP contribution in [-0.2, 0) is 19.1 Å². The normalized spacial score (nSPS) is 23.6. The number of hydrogen-bond donors (Lipinski definition) is 0. The first-order chi connectivity index (χ1) is 8.00. The maximum atomic E-state index is 12.7. The van der Waals surface area contributed by atoms with Gasteiger partial charge in [0.25, 0.3) is 5.78 Å². The molecule has 0 radical (unpaired) electrons. The molecule has 1 heterocycles. The molecular weight excluding hydrogens is 227 g/mol. The molecular formula is C12H9FO4. The third kappa shape index (κ3) is 1.95. The average molecular weight is 236 g/mol. The molecule has 2 unspecified atom stereocenters. The van der Waals surface area contributed by atoms with Gasteiger partial charge in [0.2, 0.25) is 0 Å². The van der Waals surface area contributed by atoms with Gasteiger partial charge in [-0.25, -0.2) is 9.18 Å². The number of halogens is 1. The summed E-state index contributed by atoms with van der Waals surface area (Å²) in [5.74, 6) is -3.85. The number of ketones is 2. The summed E-state index contributed by atoms with van der Waals surface area (Å²) in [5, 5.41) is 0. The third-order valence-electron chi connectivity index (χ3n) is 2.66. The summed E-state index contributed by atoms with van der Waals surface area (Å²) in [5.41, 5.74) is 0.436. The molecule has 1 fully saturated rings. The Balaban J connectivity index is 2.37. The highest BCUT2D eigenvalue weighted by atomic mass is 19.1. The molecule has 1 aliphatic rings. The van der Waals surface area contributed by atoms with Crippen LogP contribution in [0.15, 0.2) is 24.3 Å². The van der Waals surface area contributed by atoms with Gasteiger partial charge in [-0.2, -0.15) is 0 Å². The first kappa shape index (κ1) is 11.4. The van der Waals surface area contributed by atoms with Gasteiger partial charge in [-0.05, 0) is 24.6 Å². The Morgan fingerprint density at radius 1 is 1.24 bits per heavy atom. The first-order valence-electron chi connectivity index (χ1n) is 5.01. The fourth-order valence-electron chi connectivity index (χ4n) is 1.82. The number of hydrogen-bond acceptors (Lipinski definition) is 4. The van der Waals surface area contributed by atoms with Crippen molar-refractivity contribution in [3.05, 3.63) is 35.6 Å². The zero-order chi connectivity index (χ0) is 12.6. The zero-order valence-electron chi connectivity index (χ0n) is 8.98. The van der Waals surface area contributed by atoms with E-state index < -0.39 is 35.4 Å². The van der Waals surface area contributed by atoms with E-state index >= 15 is 0 Å². The SMILES string of the molecule is CC(=O)C1C(=O)C(=O)OC1c1ccc(F)cc1. The van der Waals surface area contributed by atoms with Crippen LogP contribution in [0.5, 0.6) is 0 Å². The molecule has 0 aromatic heterocycles. The predicted molar refractivity (Wildman–Crippen MR) is 54.4 cm³/mol. The molecule has 1 aliphatic heterocycles. The lowest BCUT2D eigenvalue weighted by Gasteiger charge is -2.13. The number of carbonyl (C=O) groups is 3. The Kier molecular flexibility index (Phi) is 2.75. The maximum Gasteiger partial charge on any atom is 0.376 e. The van der Waals surface area contributed by atoms with E-state index in [0.29, 0.717) is 5.56 Å². The lowest BCUT2D eigenvalue weighted by molar-refractivity contribution is -0.149. The predicted octanol–water partition coefficient (Wildman–Crippen LogP) is 1.20. The average Bonchev–Trinajstić information content (AvgIpc) is 2.56. The molecule has 0 N–H and O–H groups in total. The van der Waals surface area contributed by atoms with Crippen molar-refractivity contribution in [3.8, 4) is 0 Å². The lowest BCUT2D eigenvalue weighted by Crippen LogP contribution is -2.23. The molecule has 0 bridgehead atoms. The second-order valence-corrected chi connectivity index (χ2v) is 3.83. The van der Waals surface area contributed by atoms with Gasteiger partial charge in [-0.15, -0.1) is 0 Å². The summed E-state index contributed by atoms with van der Waals surface area (Å²) in [7, 11) is 0. The van der Waals surface area contributed by atoms with Crippen LogP contribution in [0.2, 0.25) is 0 Å². The van der Waals surface area contributed by atoms with Crippen LogP contribution in [0, 0.1) is 11.7 Å². The minimum Gasteiger partial charge on any atom is -0.450 e. The smallest absolute Gasteiger partial charge is 0.376 e. The standard InChI is InChI=1S/C12H9FO4/c1-6(14)9-10(15)12(16)17-11(9)7-2-4-8(13)5-3-7/h2-5,9,11H,1H3. The van der Waals surface area contributed by atoms with Crippen molar-refractivity contribution < 1.29 is 23.5 Å². The quantitative estimate of drug-likeness (QED) is 0.439. The van der Waals surface area contributed by atoms with Crippen LogP contribution in [-0.4, -0.2) is 17.5 Å². The van der Waals surface area contributed by atoms with Crippen molar-refractivity contribution in [1.82, 2.24) is 0 Å². The minimum atomic E-state index is -1.12. The second kappa shape index (κ2) is 4.08. The van der Waals surface area contributed by atoms with Crippen LogP contribution < -0.4 is 0 Å². The summed E-state index contributed by atoms with van der Waals surface area (Å²) >= 11 is 0. The van der Waals surface area contributed by atoms with Crippen molar-refractivity contribution in [2.24, 2.45) is 5.92 Å². The van der Waals surface area contributed by atoms with Crippen molar-refractivity contribution in [3.63, 3.8) is 0 Å². The Hall–Kier alpha value is -2.04. The monoisotopic (exact) mass is 236 g/mol. The number of carbonyl (C=O) groups excluding carboxylic acids is 3. The zero-order valence-corrected chi connectivity index (χ0v) is 8.98. The summed E-state index contributed by atoms with van der Waals surface area (Å²) in [6, 6.07) is 5.15. The highest BCUT2D eigenvalue weighted by molar-refractivity contribution is 6.40. The summed E-state index contributed by atoms with van der Waals surface area (Å²) in [4.78, 5) is 33.9. The molecule has 0 spiro atoms. The number of rotatable bonds is 2. The Morgan fingerprint density at radius 3 is 2.35 bits per heavy atom. The van der Waals surface area contributed by atoms with Gasteiger partial charge in [-0.3, -0.25) is 9.59 Å². The maximum absolute atomic E-state index is 12.7. The van der Waals surface area contributed by atoms with E-state index in [-0.39, 0.29) is 0 Å². The largest absolute Gasteiger partial charge is 0.450 e. The van der Waals surface area contributed by atoms with Crippen LogP contribution in [0.25, 0.3) is 0 Å². The van der Waals surface area contributed by atoms with Crippen LogP contribution in [0.4, 0.5) is 4.39 Å². The van der Waals surface area contributed by atoms with E-state index in [1.165, 1.54) is 31.2 Å². The number of ether oxygens (including phenoxy) is 1. The number of Topliss-reactive ketones (excluding diaryl/α,β-unsaturated/α-hetero) is 2. The minimum absolute atomic E-state index is 0.435. The first-order valence-corrected chi connectivity index (χ1v) is 5.01. The summed E-state index contributed by atoms with van der Waals surface area (Å²) in [6.07, 6.45) is -0.937. The van der Waals surface area contributed by atoms with E-state index in [2.05, 4.69) is 0 Å². The van der Waals surface area contributed by atoms with Crippen molar-refractivity contribution >= 4 is 17.5 Å². The molecule has 0 saturated carbocycles. The molecule has 88 valence electrons. The Bertz CT molecular complexity index is 492. The van der Waals surface area contributed by atoms with E-state index in [1.807, 2.05) is 0 Å². The topological polar surface area (TPSA) is 60.4 Å². The summed E-state index contributed by atoms with van der Waals surface area (Å²) in [6.45, 7) is 1.22. The van der Waals surface area contributed by atoms with Crippen LogP contribution in [0.3, 0.4) is 0 Å². The molecule has 2 atom stereocenters. The van der Waals surface area contributed by atoms with Crippen LogP contribution in [0.1, 0.15) is 18.6 Å². The van der Waals surface area contributed by atoms with Gasteiger partial charge in [0.05, 0.1) is 0 Å². The molecule has 1 saturated heterocycles. The van der Waals surface area contributed by atoms with Crippen LogP contribution >= 0.6 is 0 Å².